The van der Waals surface area contributed by atoms with E-state index in [2.05, 4.69) is 4.74 Å². The average Bonchev–Trinajstić information content (AvgIpc) is 2.68. The van der Waals surface area contributed by atoms with Crippen molar-refractivity contribution in [3.05, 3.63) is 34.1 Å². The number of ether oxygens (including phenoxy) is 1. The predicted molar refractivity (Wildman–Crippen MR) is 61.0 cm³/mol. The molecule has 0 radical (unpaired) electrons. The van der Waals surface area contributed by atoms with Crippen LogP contribution < -0.4 is 0 Å². The van der Waals surface area contributed by atoms with Crippen LogP contribution >= 0.6 is 0 Å². The highest BCUT2D eigenvalue weighted by Gasteiger charge is 2.57. The molecule has 12 heteroatoms. The van der Waals surface area contributed by atoms with E-state index in [4.69, 9.17) is 0 Å². The Labute approximate surface area is 133 Å². The number of halogens is 9. The lowest BCUT2D eigenvalue weighted by Gasteiger charge is -2.25. The molecule has 1 N–H and O–H groups in total. The minimum absolute atomic E-state index is 0.468. The molecular weight excluding hydrogens is 375 g/mol. The lowest BCUT2D eigenvalue weighted by molar-refractivity contribution is -0.230. The van der Waals surface area contributed by atoms with Gasteiger partial charge in [0.2, 0.25) is 0 Å². The molecule has 3 nitrogen and oxygen atoms in total. The normalized spacial score (nSPS) is 22.3. The minimum atomic E-state index is -5.77. The summed E-state index contributed by atoms with van der Waals surface area (Å²) in [6, 6.07) is 0. The van der Waals surface area contributed by atoms with Crippen LogP contribution in [0.5, 0.6) is 0 Å². The molecule has 0 amide bonds. The Morgan fingerprint density at radius 1 is 1.00 bits per heavy atom. The van der Waals surface area contributed by atoms with Gasteiger partial charge in [0.1, 0.15) is 11.4 Å². The molecule has 3 atom stereocenters. The first-order chi connectivity index (χ1) is 11.2. The molecule has 25 heavy (non-hydrogen) atoms. The van der Waals surface area contributed by atoms with Crippen LogP contribution in [0.4, 0.5) is 39.5 Å². The summed E-state index contributed by atoms with van der Waals surface area (Å²) < 4.78 is 122. The first-order valence-electron chi connectivity index (χ1n) is 6.34. The second-order valence-corrected chi connectivity index (χ2v) is 5.14. The molecule has 1 aromatic rings. The molecule has 0 heterocycles. The highest BCUT2D eigenvalue weighted by atomic mass is 19.4. The number of Topliss-reactive ketones (excluding diaryl/α,β-unsaturated/α-hetero) is 1. The van der Waals surface area contributed by atoms with Crippen molar-refractivity contribution in [2.45, 2.75) is 24.6 Å². The van der Waals surface area contributed by atoms with E-state index in [1.807, 2.05) is 0 Å². The Morgan fingerprint density at radius 2 is 1.52 bits per heavy atom. The fourth-order valence-corrected chi connectivity index (χ4v) is 2.72. The molecule has 0 bridgehead atoms. The number of methoxy groups -OCH3 is 1. The number of ketones is 1. The van der Waals surface area contributed by atoms with Crippen molar-refractivity contribution < 1.29 is 54.2 Å². The van der Waals surface area contributed by atoms with E-state index in [1.165, 1.54) is 0 Å². The van der Waals surface area contributed by atoms with Crippen LogP contribution in [0.15, 0.2) is 0 Å². The molecular formula is C13H7F9O3. The van der Waals surface area contributed by atoms with Gasteiger partial charge in [-0.2, -0.15) is 26.3 Å². The quantitative estimate of drug-likeness (QED) is 0.629. The van der Waals surface area contributed by atoms with Gasteiger partial charge in [-0.25, -0.2) is 13.2 Å². The summed E-state index contributed by atoms with van der Waals surface area (Å²) in [6.07, 6.45) is -16.9. The van der Waals surface area contributed by atoms with Crippen LogP contribution in [-0.2, 0) is 10.9 Å². The molecule has 1 aliphatic carbocycles. The zero-order chi connectivity index (χ0) is 19.5. The molecule has 140 valence electrons. The largest absolute Gasteiger partial charge is 0.422 e. The highest BCUT2D eigenvalue weighted by Crippen LogP contribution is 2.48. The summed E-state index contributed by atoms with van der Waals surface area (Å²) in [4.78, 5) is 12.0. The number of hydrogen-bond acceptors (Lipinski definition) is 3. The van der Waals surface area contributed by atoms with Gasteiger partial charge in [0.15, 0.2) is 23.5 Å². The number of carbonyl (C=O) groups is 1. The van der Waals surface area contributed by atoms with Gasteiger partial charge in [0.25, 0.3) is 0 Å². The molecule has 0 saturated heterocycles. The SMILES string of the molecule is COC(C1C(=O)c2c(F)c(C(F)(F)F)c(F)c(F)c2C1O)C(F)(F)F. The number of hydrogen-bond donors (Lipinski definition) is 1. The van der Waals surface area contributed by atoms with Crippen LogP contribution in [0, 0.1) is 23.4 Å². The summed E-state index contributed by atoms with van der Waals surface area (Å²) in [7, 11) is 0.468. The standard InChI is InChI=1S/C13H7F9O3/c1-25-11(13(20,21)22)4-9(23)2-3(10(4)24)7(15)8(16)5(6(2)14)12(17,18)19/h4,10-11,24H,1H3. The van der Waals surface area contributed by atoms with Gasteiger partial charge in [-0.1, -0.05) is 0 Å². The Bertz CT molecular complexity index is 723. The van der Waals surface area contributed by atoms with E-state index in [9.17, 15) is 49.4 Å². The molecule has 1 aromatic carbocycles. The number of aliphatic hydroxyl groups excluding tert-OH is 1. The number of alkyl halides is 6. The molecule has 0 saturated carbocycles. The first kappa shape index (κ1) is 19.5. The van der Waals surface area contributed by atoms with Crippen molar-refractivity contribution in [3.8, 4) is 0 Å². The number of carbonyl (C=O) groups excluding carboxylic acids is 1. The van der Waals surface area contributed by atoms with Gasteiger partial charge in [-0.15, -0.1) is 0 Å². The zero-order valence-corrected chi connectivity index (χ0v) is 11.9. The second-order valence-electron chi connectivity index (χ2n) is 5.14. The molecule has 0 spiro atoms. The first-order valence-corrected chi connectivity index (χ1v) is 6.34. The van der Waals surface area contributed by atoms with Gasteiger partial charge in [-0.3, -0.25) is 4.79 Å². The van der Waals surface area contributed by atoms with Crippen molar-refractivity contribution in [1.29, 1.82) is 0 Å². The van der Waals surface area contributed by atoms with Gasteiger partial charge >= 0.3 is 12.4 Å². The molecule has 0 fully saturated rings. The van der Waals surface area contributed by atoms with E-state index in [0.29, 0.717) is 7.11 Å². The van der Waals surface area contributed by atoms with E-state index >= 15 is 0 Å². The van der Waals surface area contributed by atoms with E-state index in [1.54, 1.807) is 0 Å². The van der Waals surface area contributed by atoms with Gasteiger partial charge in [-0.05, 0) is 0 Å². The van der Waals surface area contributed by atoms with Crippen molar-refractivity contribution in [2.75, 3.05) is 7.11 Å². The minimum Gasteiger partial charge on any atom is -0.387 e. The third-order valence-corrected chi connectivity index (χ3v) is 3.73. The van der Waals surface area contributed by atoms with Gasteiger partial charge in [0.05, 0.1) is 17.6 Å². The van der Waals surface area contributed by atoms with Crippen molar-refractivity contribution in [2.24, 2.45) is 5.92 Å². The summed E-state index contributed by atoms with van der Waals surface area (Å²) in [5, 5.41) is 9.74. The number of rotatable bonds is 2. The molecule has 3 unspecified atom stereocenters. The Kier molecular flexibility index (Phi) is 4.58. The molecule has 2 rings (SSSR count). The lowest BCUT2D eigenvalue weighted by Crippen LogP contribution is -2.42. The monoisotopic (exact) mass is 382 g/mol. The van der Waals surface area contributed by atoms with Gasteiger partial charge < -0.3 is 9.84 Å². The molecule has 0 aliphatic heterocycles. The van der Waals surface area contributed by atoms with Crippen LogP contribution in [0.1, 0.15) is 27.6 Å². The van der Waals surface area contributed by atoms with Crippen LogP contribution in [0.25, 0.3) is 0 Å². The topological polar surface area (TPSA) is 46.5 Å². The maximum Gasteiger partial charge on any atom is 0.422 e. The molecule has 1 aliphatic rings. The van der Waals surface area contributed by atoms with Crippen LogP contribution in [0.2, 0.25) is 0 Å². The summed E-state index contributed by atoms with van der Waals surface area (Å²) in [5.74, 6) is -12.5. The summed E-state index contributed by atoms with van der Waals surface area (Å²) in [6.45, 7) is 0. The fraction of sp³-hybridized carbons (Fsp3) is 0.462. The van der Waals surface area contributed by atoms with Crippen LogP contribution in [0.3, 0.4) is 0 Å². The average molecular weight is 382 g/mol. The maximum atomic E-state index is 14.0. The smallest absolute Gasteiger partial charge is 0.387 e. The Morgan fingerprint density at radius 3 is 1.92 bits per heavy atom. The van der Waals surface area contributed by atoms with Gasteiger partial charge in [0, 0.05) is 12.7 Å². The lowest BCUT2D eigenvalue weighted by atomic mass is 9.95. The van der Waals surface area contributed by atoms with E-state index < -0.39 is 70.4 Å². The zero-order valence-electron chi connectivity index (χ0n) is 11.9. The van der Waals surface area contributed by atoms with Crippen molar-refractivity contribution >= 4 is 5.78 Å². The van der Waals surface area contributed by atoms with Crippen molar-refractivity contribution in [1.82, 2.24) is 0 Å². The Balaban J connectivity index is 2.75. The highest BCUT2D eigenvalue weighted by molar-refractivity contribution is 6.04. The van der Waals surface area contributed by atoms with E-state index in [-0.39, 0.29) is 0 Å². The third kappa shape index (κ3) is 2.86. The van der Waals surface area contributed by atoms with Crippen molar-refractivity contribution in [3.63, 3.8) is 0 Å². The maximum absolute atomic E-state index is 14.0. The second kappa shape index (κ2) is 5.87. The summed E-state index contributed by atoms with van der Waals surface area (Å²) in [5.41, 5.74) is -6.16. The van der Waals surface area contributed by atoms with Crippen LogP contribution in [-0.4, -0.2) is 30.3 Å². The predicted octanol–water partition coefficient (Wildman–Crippen LogP) is 3.55. The number of aliphatic hydroxyl groups is 1. The third-order valence-electron chi connectivity index (χ3n) is 3.73. The van der Waals surface area contributed by atoms with E-state index in [0.717, 1.165) is 0 Å². The molecule has 0 aromatic heterocycles. The summed E-state index contributed by atoms with van der Waals surface area (Å²) >= 11 is 0. The Hall–Kier alpha value is -1.82. The number of benzene rings is 1. The number of fused-ring (bicyclic) bond motifs is 1. The fourth-order valence-electron chi connectivity index (χ4n) is 2.72.